The molecule has 1 saturated heterocycles. The fraction of sp³-hybridized carbons (Fsp3) is 0.467. The van der Waals surface area contributed by atoms with Gasteiger partial charge in [0.25, 0.3) is 5.91 Å². The van der Waals surface area contributed by atoms with Crippen molar-refractivity contribution < 1.29 is 14.7 Å². The fourth-order valence-corrected chi connectivity index (χ4v) is 3.65. The SMILES string of the molecule is CC1(C)CCCN(C(=O)c2ccc(Br)cc2Cl)C1C(=O)O. The van der Waals surface area contributed by atoms with Gasteiger partial charge in [-0.15, -0.1) is 0 Å². The Hall–Kier alpha value is -1.07. The molecular formula is C15H17BrClNO3. The van der Waals surface area contributed by atoms with Crippen molar-refractivity contribution >= 4 is 39.4 Å². The average Bonchev–Trinajstić information content (AvgIpc) is 2.36. The predicted molar refractivity (Wildman–Crippen MR) is 84.6 cm³/mol. The Bertz CT molecular complexity index is 588. The summed E-state index contributed by atoms with van der Waals surface area (Å²) in [7, 11) is 0. The highest BCUT2D eigenvalue weighted by atomic mass is 79.9. The summed E-state index contributed by atoms with van der Waals surface area (Å²) in [5.41, 5.74) is -0.120. The Morgan fingerprint density at radius 2 is 2.10 bits per heavy atom. The molecule has 1 unspecified atom stereocenters. The Kier molecular flexibility index (Phi) is 4.63. The number of carbonyl (C=O) groups excluding carboxylic acids is 1. The number of carboxylic acids is 1. The van der Waals surface area contributed by atoms with E-state index < -0.39 is 17.4 Å². The van der Waals surface area contributed by atoms with E-state index in [1.165, 1.54) is 4.90 Å². The monoisotopic (exact) mass is 373 g/mol. The van der Waals surface area contributed by atoms with Gasteiger partial charge in [0.05, 0.1) is 10.6 Å². The molecule has 1 fully saturated rings. The first kappa shape index (κ1) is 16.3. The zero-order chi connectivity index (χ0) is 15.8. The quantitative estimate of drug-likeness (QED) is 0.856. The first-order valence-corrected chi connectivity index (χ1v) is 7.90. The van der Waals surface area contributed by atoms with Crippen molar-refractivity contribution in [3.8, 4) is 0 Å². The van der Waals surface area contributed by atoms with Crippen LogP contribution in [0.5, 0.6) is 0 Å². The van der Waals surface area contributed by atoms with Crippen LogP contribution in [-0.4, -0.2) is 34.5 Å². The van der Waals surface area contributed by atoms with Gasteiger partial charge in [-0.25, -0.2) is 4.79 Å². The molecule has 1 aromatic carbocycles. The van der Waals surface area contributed by atoms with Gasteiger partial charge in [0.15, 0.2) is 0 Å². The fourth-order valence-electron chi connectivity index (χ4n) is 2.90. The number of piperidine rings is 1. The van der Waals surface area contributed by atoms with Gasteiger partial charge >= 0.3 is 5.97 Å². The van der Waals surface area contributed by atoms with Crippen LogP contribution < -0.4 is 0 Å². The number of nitrogens with zero attached hydrogens (tertiary/aromatic N) is 1. The molecule has 2 rings (SSSR count). The number of halogens is 2. The van der Waals surface area contributed by atoms with Gasteiger partial charge in [-0.1, -0.05) is 41.4 Å². The van der Waals surface area contributed by atoms with Crippen molar-refractivity contribution in [2.45, 2.75) is 32.7 Å². The zero-order valence-electron chi connectivity index (χ0n) is 11.9. The maximum Gasteiger partial charge on any atom is 0.326 e. The van der Waals surface area contributed by atoms with Crippen LogP contribution in [0.4, 0.5) is 0 Å². The summed E-state index contributed by atoms with van der Waals surface area (Å²) in [6.07, 6.45) is 1.57. The second-order valence-corrected chi connectivity index (χ2v) is 7.28. The van der Waals surface area contributed by atoms with E-state index in [2.05, 4.69) is 15.9 Å². The summed E-state index contributed by atoms with van der Waals surface area (Å²) in [4.78, 5) is 25.7. The number of carbonyl (C=O) groups is 2. The summed E-state index contributed by atoms with van der Waals surface area (Å²) in [6, 6.07) is 4.15. The molecule has 0 aromatic heterocycles. The standard InChI is InChI=1S/C15H17BrClNO3/c1-15(2)6-3-7-18(12(15)14(20)21)13(19)10-5-4-9(16)8-11(10)17/h4-5,8,12H,3,6-7H2,1-2H3,(H,20,21). The molecule has 0 spiro atoms. The Morgan fingerprint density at radius 1 is 1.43 bits per heavy atom. The average molecular weight is 375 g/mol. The van der Waals surface area contributed by atoms with Crippen LogP contribution in [0.2, 0.25) is 5.02 Å². The summed E-state index contributed by atoms with van der Waals surface area (Å²) in [6.45, 7) is 4.20. The molecular weight excluding hydrogens is 358 g/mol. The van der Waals surface area contributed by atoms with Gasteiger partial charge in [0.1, 0.15) is 6.04 Å². The van der Waals surface area contributed by atoms with Crippen molar-refractivity contribution in [2.24, 2.45) is 5.41 Å². The van der Waals surface area contributed by atoms with Crippen LogP contribution in [0.25, 0.3) is 0 Å². The minimum atomic E-state index is -0.971. The number of benzene rings is 1. The van der Waals surface area contributed by atoms with E-state index in [1.807, 2.05) is 13.8 Å². The molecule has 1 atom stereocenters. The van der Waals surface area contributed by atoms with Crippen molar-refractivity contribution in [3.05, 3.63) is 33.3 Å². The molecule has 6 heteroatoms. The molecule has 0 bridgehead atoms. The predicted octanol–water partition coefficient (Wildman–Crippen LogP) is 3.82. The third-order valence-corrected chi connectivity index (χ3v) is 4.73. The molecule has 1 heterocycles. The molecule has 1 N–H and O–H groups in total. The molecule has 114 valence electrons. The molecule has 21 heavy (non-hydrogen) atoms. The molecule has 1 amide bonds. The van der Waals surface area contributed by atoms with Crippen molar-refractivity contribution in [1.82, 2.24) is 4.90 Å². The van der Waals surface area contributed by atoms with Crippen LogP contribution >= 0.6 is 27.5 Å². The molecule has 0 saturated carbocycles. The molecule has 0 aliphatic carbocycles. The number of likely N-dealkylation sites (tertiary alicyclic amines) is 1. The smallest absolute Gasteiger partial charge is 0.326 e. The van der Waals surface area contributed by atoms with Crippen LogP contribution in [0, 0.1) is 5.41 Å². The summed E-state index contributed by atoms with van der Waals surface area (Å²) in [5, 5.41) is 9.84. The van der Waals surface area contributed by atoms with Gasteiger partial charge in [0, 0.05) is 11.0 Å². The summed E-state index contributed by atoms with van der Waals surface area (Å²) in [5.74, 6) is -1.30. The van der Waals surface area contributed by atoms with Crippen molar-refractivity contribution in [2.75, 3.05) is 6.54 Å². The number of amides is 1. The van der Waals surface area contributed by atoms with Crippen molar-refractivity contribution in [1.29, 1.82) is 0 Å². The van der Waals surface area contributed by atoms with Gasteiger partial charge in [-0.2, -0.15) is 0 Å². The Balaban J connectivity index is 2.38. The zero-order valence-corrected chi connectivity index (χ0v) is 14.2. The molecule has 1 aliphatic rings. The maximum atomic E-state index is 12.7. The van der Waals surface area contributed by atoms with E-state index >= 15 is 0 Å². The first-order valence-electron chi connectivity index (χ1n) is 6.73. The Morgan fingerprint density at radius 3 is 2.67 bits per heavy atom. The van der Waals surface area contributed by atoms with Crippen LogP contribution in [0.1, 0.15) is 37.0 Å². The third kappa shape index (κ3) is 3.24. The first-order chi connectivity index (χ1) is 9.74. The van der Waals surface area contributed by atoms with E-state index in [-0.39, 0.29) is 5.91 Å². The summed E-state index contributed by atoms with van der Waals surface area (Å²) >= 11 is 9.41. The number of aliphatic carboxylic acids is 1. The lowest BCUT2D eigenvalue weighted by Crippen LogP contribution is -2.56. The van der Waals surface area contributed by atoms with Crippen LogP contribution in [-0.2, 0) is 4.79 Å². The molecule has 1 aromatic rings. The molecule has 0 radical (unpaired) electrons. The second kappa shape index (κ2) is 5.97. The van der Waals surface area contributed by atoms with Crippen LogP contribution in [0.15, 0.2) is 22.7 Å². The maximum absolute atomic E-state index is 12.7. The topological polar surface area (TPSA) is 57.6 Å². The number of hydrogen-bond acceptors (Lipinski definition) is 2. The van der Waals surface area contributed by atoms with E-state index in [1.54, 1.807) is 18.2 Å². The number of hydrogen-bond donors (Lipinski definition) is 1. The number of rotatable bonds is 2. The van der Waals surface area contributed by atoms with Gasteiger partial charge in [-0.05, 0) is 36.5 Å². The minimum absolute atomic E-state index is 0.321. The van der Waals surface area contributed by atoms with E-state index in [0.29, 0.717) is 17.1 Å². The normalized spacial score (nSPS) is 21.1. The molecule has 4 nitrogen and oxygen atoms in total. The highest BCUT2D eigenvalue weighted by Gasteiger charge is 2.44. The van der Waals surface area contributed by atoms with E-state index in [9.17, 15) is 14.7 Å². The highest BCUT2D eigenvalue weighted by Crippen LogP contribution is 2.36. The largest absolute Gasteiger partial charge is 0.480 e. The van der Waals surface area contributed by atoms with Gasteiger partial charge < -0.3 is 10.0 Å². The lowest BCUT2D eigenvalue weighted by Gasteiger charge is -2.44. The third-order valence-electron chi connectivity index (χ3n) is 3.93. The Labute approximate surface area is 137 Å². The van der Waals surface area contributed by atoms with E-state index in [0.717, 1.165) is 17.3 Å². The van der Waals surface area contributed by atoms with Gasteiger partial charge in [0.2, 0.25) is 0 Å². The van der Waals surface area contributed by atoms with Crippen molar-refractivity contribution in [3.63, 3.8) is 0 Å². The highest BCUT2D eigenvalue weighted by molar-refractivity contribution is 9.10. The lowest BCUT2D eigenvalue weighted by molar-refractivity contribution is -0.148. The summed E-state index contributed by atoms with van der Waals surface area (Å²) < 4.78 is 0.776. The van der Waals surface area contributed by atoms with Gasteiger partial charge in [-0.3, -0.25) is 4.79 Å². The molecule has 1 aliphatic heterocycles. The lowest BCUT2D eigenvalue weighted by atomic mass is 9.76. The van der Waals surface area contributed by atoms with Crippen LogP contribution in [0.3, 0.4) is 0 Å². The minimum Gasteiger partial charge on any atom is -0.480 e. The van der Waals surface area contributed by atoms with E-state index in [4.69, 9.17) is 11.6 Å². The number of carboxylic acid groups (broad SMARTS) is 1. The second-order valence-electron chi connectivity index (χ2n) is 5.96.